The quantitative estimate of drug-likeness (QED) is 0.729. The molecule has 0 radical (unpaired) electrons. The van der Waals surface area contributed by atoms with Gasteiger partial charge in [0.1, 0.15) is 5.58 Å². The van der Waals surface area contributed by atoms with Crippen LogP contribution in [0.2, 0.25) is 0 Å². The van der Waals surface area contributed by atoms with Crippen molar-refractivity contribution < 1.29 is 4.42 Å². The number of aromatic amines is 1. The maximum Gasteiger partial charge on any atom is 0.173 e. The summed E-state index contributed by atoms with van der Waals surface area (Å²) >= 11 is 3.43. The van der Waals surface area contributed by atoms with Gasteiger partial charge in [0.2, 0.25) is 0 Å². The Morgan fingerprint density at radius 1 is 1.27 bits per heavy atom. The summed E-state index contributed by atoms with van der Waals surface area (Å²) in [6.07, 6.45) is 3.48. The van der Waals surface area contributed by atoms with Gasteiger partial charge < -0.3 is 9.40 Å². The summed E-state index contributed by atoms with van der Waals surface area (Å²) in [5.74, 6) is 1.51. The predicted molar refractivity (Wildman–Crippen MR) is 61.5 cm³/mol. The van der Waals surface area contributed by atoms with Crippen LogP contribution in [0.3, 0.4) is 0 Å². The van der Waals surface area contributed by atoms with E-state index in [9.17, 15) is 0 Å². The van der Waals surface area contributed by atoms with Crippen molar-refractivity contribution in [1.82, 2.24) is 9.97 Å². The zero-order valence-corrected chi connectivity index (χ0v) is 9.28. The van der Waals surface area contributed by atoms with Crippen LogP contribution in [0, 0.1) is 0 Å². The van der Waals surface area contributed by atoms with Crippen LogP contribution in [-0.4, -0.2) is 9.97 Å². The molecular weight excluding hydrogens is 256 g/mol. The van der Waals surface area contributed by atoms with Crippen molar-refractivity contribution in [3.05, 3.63) is 41.1 Å². The molecule has 0 aliphatic heterocycles. The number of nitrogens with zero attached hydrogens (tertiary/aromatic N) is 1. The zero-order chi connectivity index (χ0) is 10.3. The van der Waals surface area contributed by atoms with Gasteiger partial charge in [-0.15, -0.1) is 0 Å². The van der Waals surface area contributed by atoms with Gasteiger partial charge in [-0.25, -0.2) is 4.98 Å². The molecule has 0 aliphatic rings. The zero-order valence-electron chi connectivity index (χ0n) is 7.70. The smallest absolute Gasteiger partial charge is 0.173 e. The molecule has 0 bridgehead atoms. The molecule has 0 aliphatic carbocycles. The number of hydrogen-bond donors (Lipinski definition) is 1. The highest BCUT2D eigenvalue weighted by Crippen LogP contribution is 2.27. The first-order valence-electron chi connectivity index (χ1n) is 4.52. The van der Waals surface area contributed by atoms with Crippen molar-refractivity contribution in [3.63, 3.8) is 0 Å². The summed E-state index contributed by atoms with van der Waals surface area (Å²) in [7, 11) is 0. The van der Waals surface area contributed by atoms with E-state index < -0.39 is 0 Å². The second-order valence-corrected chi connectivity index (χ2v) is 4.15. The second-order valence-electron chi connectivity index (χ2n) is 3.23. The van der Waals surface area contributed by atoms with E-state index in [4.69, 9.17) is 4.42 Å². The number of rotatable bonds is 1. The third kappa shape index (κ3) is 1.47. The van der Waals surface area contributed by atoms with Gasteiger partial charge >= 0.3 is 0 Å². The van der Waals surface area contributed by atoms with Gasteiger partial charge in [-0.1, -0.05) is 15.9 Å². The van der Waals surface area contributed by atoms with Gasteiger partial charge in [0.05, 0.1) is 0 Å². The maximum atomic E-state index is 5.65. The predicted octanol–water partition coefficient (Wildman–Crippen LogP) is 3.59. The van der Waals surface area contributed by atoms with E-state index in [0.717, 1.165) is 27.0 Å². The second kappa shape index (κ2) is 3.24. The monoisotopic (exact) mass is 262 g/mol. The molecule has 0 saturated carbocycles. The molecule has 3 rings (SSSR count). The minimum absolute atomic E-state index is 0.752. The summed E-state index contributed by atoms with van der Waals surface area (Å²) in [5.41, 5.74) is 0.865. The number of fused-ring (bicyclic) bond motifs is 1. The third-order valence-electron chi connectivity index (χ3n) is 2.21. The van der Waals surface area contributed by atoms with E-state index in [-0.39, 0.29) is 0 Å². The van der Waals surface area contributed by atoms with Gasteiger partial charge in [-0.2, -0.15) is 0 Å². The van der Waals surface area contributed by atoms with E-state index in [2.05, 4.69) is 25.9 Å². The Kier molecular flexibility index (Phi) is 1.89. The fraction of sp³-hybridized carbons (Fsp3) is 0. The number of furan rings is 1. The van der Waals surface area contributed by atoms with Crippen LogP contribution in [0.1, 0.15) is 0 Å². The maximum absolute atomic E-state index is 5.65. The fourth-order valence-corrected chi connectivity index (χ4v) is 1.91. The van der Waals surface area contributed by atoms with Crippen LogP contribution in [0.5, 0.6) is 0 Å². The summed E-state index contributed by atoms with van der Waals surface area (Å²) in [4.78, 5) is 7.16. The highest BCUT2D eigenvalue weighted by molar-refractivity contribution is 9.10. The Morgan fingerprint density at radius 2 is 2.20 bits per heavy atom. The summed E-state index contributed by atoms with van der Waals surface area (Å²) in [5, 5.41) is 1.07. The molecule has 0 amide bonds. The van der Waals surface area contributed by atoms with Crippen molar-refractivity contribution in [1.29, 1.82) is 0 Å². The molecule has 2 heterocycles. The van der Waals surface area contributed by atoms with Crippen LogP contribution < -0.4 is 0 Å². The topological polar surface area (TPSA) is 41.8 Å². The molecule has 2 aromatic heterocycles. The Bertz CT molecular complexity index is 598. The van der Waals surface area contributed by atoms with Gasteiger partial charge in [-0.05, 0) is 24.3 Å². The minimum Gasteiger partial charge on any atom is -0.453 e. The Labute approximate surface area is 94.3 Å². The summed E-state index contributed by atoms with van der Waals surface area (Å²) in [6.45, 7) is 0. The number of halogens is 1. The Morgan fingerprint density at radius 3 is 3.00 bits per heavy atom. The van der Waals surface area contributed by atoms with Crippen molar-refractivity contribution in [2.24, 2.45) is 0 Å². The lowest BCUT2D eigenvalue weighted by atomic mass is 10.2. The van der Waals surface area contributed by atoms with E-state index in [1.165, 1.54) is 0 Å². The van der Waals surface area contributed by atoms with Gasteiger partial charge in [0.25, 0.3) is 0 Å². The van der Waals surface area contributed by atoms with E-state index in [1.807, 2.05) is 24.3 Å². The molecule has 3 nitrogen and oxygen atoms in total. The molecule has 3 aromatic rings. The van der Waals surface area contributed by atoms with Crippen molar-refractivity contribution in [3.8, 4) is 11.6 Å². The van der Waals surface area contributed by atoms with Crippen LogP contribution in [-0.2, 0) is 0 Å². The number of benzene rings is 1. The molecule has 0 fully saturated rings. The van der Waals surface area contributed by atoms with Crippen LogP contribution in [0.4, 0.5) is 0 Å². The number of nitrogens with one attached hydrogen (secondary N) is 1. The van der Waals surface area contributed by atoms with Gasteiger partial charge in [0, 0.05) is 22.3 Å². The summed E-state index contributed by atoms with van der Waals surface area (Å²) < 4.78 is 6.70. The van der Waals surface area contributed by atoms with Crippen molar-refractivity contribution >= 4 is 26.9 Å². The van der Waals surface area contributed by atoms with Crippen LogP contribution in [0.25, 0.3) is 22.6 Å². The van der Waals surface area contributed by atoms with E-state index in [0.29, 0.717) is 0 Å². The standard InChI is InChI=1S/C11H7BrN2O/c12-8-1-2-9-7(5-8)6-10(15-9)11-13-3-4-14-11/h1-6H,(H,13,14). The SMILES string of the molecule is Brc1ccc2oc(-c3ncc[nH]3)cc2c1. The molecular formula is C11H7BrN2O. The Balaban J connectivity index is 2.22. The highest BCUT2D eigenvalue weighted by atomic mass is 79.9. The lowest BCUT2D eigenvalue weighted by Crippen LogP contribution is -1.73. The van der Waals surface area contributed by atoms with Crippen molar-refractivity contribution in [2.45, 2.75) is 0 Å². The first-order valence-corrected chi connectivity index (χ1v) is 5.31. The minimum atomic E-state index is 0.752. The molecule has 0 spiro atoms. The van der Waals surface area contributed by atoms with Crippen LogP contribution in [0.15, 0.2) is 45.5 Å². The van der Waals surface area contributed by atoms with Gasteiger partial charge in [0.15, 0.2) is 11.6 Å². The lowest BCUT2D eigenvalue weighted by Gasteiger charge is -1.88. The van der Waals surface area contributed by atoms with E-state index in [1.54, 1.807) is 12.4 Å². The average molecular weight is 263 g/mol. The normalized spacial score (nSPS) is 11.0. The molecule has 1 aromatic carbocycles. The van der Waals surface area contributed by atoms with Gasteiger partial charge in [-0.3, -0.25) is 0 Å². The molecule has 0 atom stereocenters. The van der Waals surface area contributed by atoms with E-state index >= 15 is 0 Å². The molecule has 74 valence electrons. The molecule has 1 N–H and O–H groups in total. The van der Waals surface area contributed by atoms with Crippen molar-refractivity contribution in [2.75, 3.05) is 0 Å². The highest BCUT2D eigenvalue weighted by Gasteiger charge is 2.07. The number of hydrogen-bond acceptors (Lipinski definition) is 2. The third-order valence-corrected chi connectivity index (χ3v) is 2.70. The first-order chi connectivity index (χ1) is 7.33. The van der Waals surface area contributed by atoms with Crippen LogP contribution >= 0.6 is 15.9 Å². The number of imidazole rings is 1. The first kappa shape index (κ1) is 8.73. The number of H-pyrrole nitrogens is 1. The lowest BCUT2D eigenvalue weighted by molar-refractivity contribution is 0.626. The fourth-order valence-electron chi connectivity index (χ4n) is 1.53. The summed E-state index contributed by atoms with van der Waals surface area (Å²) in [6, 6.07) is 7.88. The molecule has 0 saturated heterocycles. The number of aromatic nitrogens is 2. The average Bonchev–Trinajstić information content (AvgIpc) is 2.84. The largest absolute Gasteiger partial charge is 0.453 e. The molecule has 15 heavy (non-hydrogen) atoms. The molecule has 4 heteroatoms. The molecule has 0 unspecified atom stereocenters. The Hall–Kier alpha value is -1.55.